The molecule has 7 heteroatoms. The minimum absolute atomic E-state index is 0.151. The first kappa shape index (κ1) is 16.1. The maximum Gasteiger partial charge on any atom is 0.304 e. The number of hydrogen-bond acceptors (Lipinski definition) is 4. The monoisotopic (exact) mass is 265 g/mol. The van der Waals surface area contributed by atoms with Gasteiger partial charge >= 0.3 is 5.97 Å². The summed E-state index contributed by atoms with van der Waals surface area (Å²) in [5, 5.41) is 10.6. The van der Waals surface area contributed by atoms with Crippen LogP contribution < -0.4 is 5.32 Å². The maximum absolute atomic E-state index is 11.5. The van der Waals surface area contributed by atoms with Gasteiger partial charge in [-0.2, -0.15) is 0 Å². The summed E-state index contributed by atoms with van der Waals surface area (Å²) in [6, 6.07) is 0. The number of ether oxygens (including phenoxy) is 1. The zero-order valence-corrected chi connectivity index (χ0v) is 10.9. The van der Waals surface area contributed by atoms with Gasteiger partial charge in [0.15, 0.2) is 0 Å². The van der Waals surface area contributed by atoms with Crippen LogP contribution in [0.1, 0.15) is 19.8 Å². The second-order valence-electron chi connectivity index (χ2n) is 3.63. The lowest BCUT2D eigenvalue weighted by molar-refractivity contribution is -0.137. The predicted octanol–water partition coefficient (Wildman–Crippen LogP) is -0.249. The third-order valence-electron chi connectivity index (χ3n) is 2.03. The van der Waals surface area contributed by atoms with Crippen molar-refractivity contribution in [2.75, 3.05) is 26.0 Å². The van der Waals surface area contributed by atoms with Crippen LogP contribution in [0.3, 0.4) is 0 Å². The first-order chi connectivity index (χ1) is 7.97. The highest BCUT2D eigenvalue weighted by atomic mass is 32.2. The lowest BCUT2D eigenvalue weighted by Crippen LogP contribution is -2.32. The molecule has 0 bridgehead atoms. The van der Waals surface area contributed by atoms with Crippen molar-refractivity contribution in [3.8, 4) is 0 Å². The van der Waals surface area contributed by atoms with Crippen LogP contribution in [-0.2, 0) is 25.1 Å². The number of hydrogen-bond donors (Lipinski definition) is 2. The van der Waals surface area contributed by atoms with E-state index < -0.39 is 22.0 Å². The van der Waals surface area contributed by atoms with E-state index in [9.17, 15) is 13.8 Å². The molecule has 0 aromatic rings. The molecule has 0 aromatic carbocycles. The van der Waals surface area contributed by atoms with Crippen molar-refractivity contribution < 1.29 is 23.6 Å². The van der Waals surface area contributed by atoms with Crippen LogP contribution in [0.2, 0.25) is 0 Å². The normalized spacial score (nSPS) is 14.0. The Morgan fingerprint density at radius 1 is 1.47 bits per heavy atom. The van der Waals surface area contributed by atoms with Gasteiger partial charge in [-0.25, -0.2) is 0 Å². The SMILES string of the molecule is COCCCNC(=O)CS(=O)C(C)CC(=O)O. The quantitative estimate of drug-likeness (QED) is 0.561. The molecule has 2 atom stereocenters. The van der Waals surface area contributed by atoms with E-state index in [0.29, 0.717) is 19.6 Å². The number of carboxylic acids is 1. The van der Waals surface area contributed by atoms with Crippen molar-refractivity contribution >= 4 is 22.7 Å². The molecule has 0 saturated heterocycles. The molecule has 0 aliphatic rings. The summed E-state index contributed by atoms with van der Waals surface area (Å²) in [7, 11) is 0.127. The molecule has 0 spiro atoms. The lowest BCUT2D eigenvalue weighted by atomic mass is 10.3. The maximum atomic E-state index is 11.5. The van der Waals surface area contributed by atoms with Crippen molar-refractivity contribution in [1.82, 2.24) is 5.32 Å². The number of carbonyl (C=O) groups is 2. The van der Waals surface area contributed by atoms with Gasteiger partial charge in [0.05, 0.1) is 6.42 Å². The summed E-state index contributed by atoms with van der Waals surface area (Å²) < 4.78 is 16.4. The fourth-order valence-corrected chi connectivity index (χ4v) is 2.08. The Morgan fingerprint density at radius 2 is 2.12 bits per heavy atom. The van der Waals surface area contributed by atoms with Crippen LogP contribution in [0.4, 0.5) is 0 Å². The average Bonchev–Trinajstić information content (AvgIpc) is 2.23. The molecule has 2 N–H and O–H groups in total. The minimum atomic E-state index is -1.45. The molecule has 0 saturated carbocycles. The smallest absolute Gasteiger partial charge is 0.304 e. The van der Waals surface area contributed by atoms with E-state index in [0.717, 1.165) is 0 Å². The average molecular weight is 265 g/mol. The summed E-state index contributed by atoms with van der Waals surface area (Å²) in [5.74, 6) is -1.48. The molecule has 6 nitrogen and oxygen atoms in total. The summed E-state index contributed by atoms with van der Waals surface area (Å²) in [6.45, 7) is 2.58. The van der Waals surface area contributed by atoms with Gasteiger partial charge in [-0.15, -0.1) is 0 Å². The molecule has 0 fully saturated rings. The molecule has 1 amide bonds. The third kappa shape index (κ3) is 8.82. The predicted molar refractivity (Wildman–Crippen MR) is 64.2 cm³/mol. The first-order valence-corrected chi connectivity index (χ1v) is 6.70. The highest BCUT2D eigenvalue weighted by Gasteiger charge is 2.17. The fraction of sp³-hybridized carbons (Fsp3) is 0.800. The van der Waals surface area contributed by atoms with Crippen LogP contribution in [0.5, 0.6) is 0 Å². The first-order valence-electron chi connectivity index (χ1n) is 5.32. The Balaban J connectivity index is 3.79. The van der Waals surface area contributed by atoms with Crippen LogP contribution in [0, 0.1) is 0 Å². The number of carboxylic acid groups (broad SMARTS) is 1. The fourth-order valence-electron chi connectivity index (χ4n) is 1.11. The molecule has 0 rings (SSSR count). The molecule has 100 valence electrons. The molecular formula is C10H19NO5S. The number of carbonyl (C=O) groups excluding carboxylic acids is 1. The number of aliphatic carboxylic acids is 1. The van der Waals surface area contributed by atoms with Crippen molar-refractivity contribution in [2.24, 2.45) is 0 Å². The number of methoxy groups -OCH3 is 1. The van der Waals surface area contributed by atoms with Gasteiger partial charge in [0.2, 0.25) is 5.91 Å². The molecule has 17 heavy (non-hydrogen) atoms. The van der Waals surface area contributed by atoms with E-state index in [1.54, 1.807) is 14.0 Å². The van der Waals surface area contributed by atoms with Gasteiger partial charge in [0.1, 0.15) is 5.75 Å². The second-order valence-corrected chi connectivity index (χ2v) is 5.48. The largest absolute Gasteiger partial charge is 0.481 e. The molecule has 0 aliphatic heterocycles. The minimum Gasteiger partial charge on any atom is -0.481 e. The Bertz CT molecular complexity index is 282. The molecule has 0 heterocycles. The van der Waals surface area contributed by atoms with Crippen LogP contribution in [0.25, 0.3) is 0 Å². The highest BCUT2D eigenvalue weighted by Crippen LogP contribution is 2.01. The van der Waals surface area contributed by atoms with Gasteiger partial charge in [-0.05, 0) is 6.42 Å². The van der Waals surface area contributed by atoms with Crippen molar-refractivity contribution in [3.05, 3.63) is 0 Å². The second kappa shape index (κ2) is 9.12. The van der Waals surface area contributed by atoms with Gasteiger partial charge in [0.25, 0.3) is 0 Å². The molecule has 2 unspecified atom stereocenters. The standard InChI is InChI=1S/C10H19NO5S/c1-8(6-10(13)14)17(15)7-9(12)11-4-3-5-16-2/h8H,3-7H2,1-2H3,(H,11,12)(H,13,14). The van der Waals surface area contributed by atoms with Crippen LogP contribution in [-0.4, -0.2) is 52.5 Å². The van der Waals surface area contributed by atoms with E-state index in [-0.39, 0.29) is 18.1 Å². The molecule has 0 aromatic heterocycles. The molecule has 0 aliphatic carbocycles. The van der Waals surface area contributed by atoms with E-state index in [4.69, 9.17) is 9.84 Å². The van der Waals surface area contributed by atoms with Crippen LogP contribution >= 0.6 is 0 Å². The summed E-state index contributed by atoms with van der Waals surface area (Å²) in [4.78, 5) is 21.7. The van der Waals surface area contributed by atoms with Gasteiger partial charge in [0, 0.05) is 36.3 Å². The topological polar surface area (TPSA) is 92.7 Å². The van der Waals surface area contributed by atoms with Gasteiger partial charge in [-0.1, -0.05) is 6.92 Å². The summed E-state index contributed by atoms with van der Waals surface area (Å²) in [6.07, 6.45) is 0.503. The lowest BCUT2D eigenvalue weighted by Gasteiger charge is -2.09. The highest BCUT2D eigenvalue weighted by molar-refractivity contribution is 7.86. The number of amides is 1. The van der Waals surface area contributed by atoms with Crippen molar-refractivity contribution in [3.63, 3.8) is 0 Å². The molecule has 0 radical (unpaired) electrons. The van der Waals surface area contributed by atoms with E-state index >= 15 is 0 Å². The Morgan fingerprint density at radius 3 is 2.65 bits per heavy atom. The van der Waals surface area contributed by atoms with E-state index in [1.165, 1.54) is 0 Å². The Labute approximate surface area is 103 Å². The van der Waals surface area contributed by atoms with Crippen molar-refractivity contribution in [2.45, 2.75) is 25.0 Å². The zero-order valence-electron chi connectivity index (χ0n) is 10.1. The number of rotatable bonds is 9. The Hall–Kier alpha value is -0.950. The van der Waals surface area contributed by atoms with E-state index in [1.807, 2.05) is 0 Å². The third-order valence-corrected chi connectivity index (χ3v) is 3.64. The van der Waals surface area contributed by atoms with Crippen LogP contribution in [0.15, 0.2) is 0 Å². The van der Waals surface area contributed by atoms with Crippen molar-refractivity contribution in [1.29, 1.82) is 0 Å². The van der Waals surface area contributed by atoms with Gasteiger partial charge < -0.3 is 15.2 Å². The Kier molecular flexibility index (Phi) is 8.61. The zero-order chi connectivity index (χ0) is 13.3. The molecular weight excluding hydrogens is 246 g/mol. The number of nitrogens with one attached hydrogen (secondary N) is 1. The van der Waals surface area contributed by atoms with E-state index in [2.05, 4.69) is 5.32 Å². The summed E-state index contributed by atoms with van der Waals surface area (Å²) in [5.41, 5.74) is 0. The van der Waals surface area contributed by atoms with Gasteiger partial charge in [-0.3, -0.25) is 13.8 Å². The summed E-state index contributed by atoms with van der Waals surface area (Å²) >= 11 is 0.